The van der Waals surface area contributed by atoms with Crippen LogP contribution in [0.4, 0.5) is 5.82 Å². The van der Waals surface area contributed by atoms with Crippen LogP contribution in [-0.2, 0) is 0 Å². The number of hydrogen-bond acceptors (Lipinski definition) is 4. The summed E-state index contributed by atoms with van der Waals surface area (Å²) in [5, 5.41) is 3.19. The van der Waals surface area contributed by atoms with E-state index in [4.69, 9.17) is 0 Å². The summed E-state index contributed by atoms with van der Waals surface area (Å²) in [5.41, 5.74) is -0.114. The first kappa shape index (κ1) is 9.58. The third-order valence-corrected chi connectivity index (χ3v) is 3.93. The minimum absolute atomic E-state index is 0.114. The molecule has 1 aromatic heterocycles. The molecule has 1 aliphatic carbocycles. The van der Waals surface area contributed by atoms with E-state index < -0.39 is 0 Å². The van der Waals surface area contributed by atoms with Crippen LogP contribution in [0.2, 0.25) is 0 Å². The van der Waals surface area contributed by atoms with Crippen molar-refractivity contribution in [3.63, 3.8) is 0 Å². The maximum absolute atomic E-state index is 11.0. The minimum Gasteiger partial charge on any atom is -0.368 e. The van der Waals surface area contributed by atoms with E-state index in [0.717, 1.165) is 6.54 Å². The predicted octanol–water partition coefficient (Wildman–Crippen LogP) is 1.08. The van der Waals surface area contributed by atoms with Crippen molar-refractivity contribution in [1.82, 2.24) is 9.97 Å². The molecule has 1 aliphatic rings. The second kappa shape index (κ2) is 3.65. The van der Waals surface area contributed by atoms with Crippen LogP contribution in [0.25, 0.3) is 0 Å². The van der Waals surface area contributed by atoms with Gasteiger partial charge in [0.05, 0.1) is 6.33 Å². The van der Waals surface area contributed by atoms with Gasteiger partial charge in [0.25, 0.3) is 5.56 Å². The highest BCUT2D eigenvalue weighted by molar-refractivity contribution is 8.00. The van der Waals surface area contributed by atoms with Gasteiger partial charge >= 0.3 is 0 Å². The molecule has 0 amide bonds. The van der Waals surface area contributed by atoms with Crippen molar-refractivity contribution in [1.29, 1.82) is 0 Å². The van der Waals surface area contributed by atoms with Gasteiger partial charge in [-0.15, -0.1) is 0 Å². The molecule has 1 aromatic rings. The molecule has 0 aliphatic heterocycles. The zero-order chi connectivity index (χ0) is 10.0. The van der Waals surface area contributed by atoms with Crippen LogP contribution in [0.5, 0.6) is 0 Å². The van der Waals surface area contributed by atoms with Crippen molar-refractivity contribution in [2.24, 2.45) is 0 Å². The Morgan fingerprint density at radius 3 is 3.07 bits per heavy atom. The lowest BCUT2D eigenvalue weighted by atomic mass is 10.4. The van der Waals surface area contributed by atoms with E-state index >= 15 is 0 Å². The molecule has 2 rings (SSSR count). The quantitative estimate of drug-likeness (QED) is 0.782. The van der Waals surface area contributed by atoms with Crippen LogP contribution in [0, 0.1) is 0 Å². The van der Waals surface area contributed by atoms with E-state index in [1.165, 1.54) is 25.2 Å². The largest absolute Gasteiger partial charge is 0.368 e. The Morgan fingerprint density at radius 1 is 1.71 bits per heavy atom. The molecule has 0 aromatic carbocycles. The molecule has 5 heteroatoms. The van der Waals surface area contributed by atoms with Gasteiger partial charge in [0.2, 0.25) is 0 Å². The van der Waals surface area contributed by atoms with Gasteiger partial charge in [0, 0.05) is 17.4 Å². The molecule has 0 spiro atoms. The summed E-state index contributed by atoms with van der Waals surface area (Å²) >= 11 is 1.89. The van der Waals surface area contributed by atoms with E-state index in [0.29, 0.717) is 10.6 Å². The first-order valence-corrected chi connectivity index (χ1v) is 5.80. The van der Waals surface area contributed by atoms with E-state index in [1.807, 2.05) is 11.8 Å². The lowest BCUT2D eigenvalue weighted by Crippen LogP contribution is -2.19. The normalized spacial score (nSPS) is 17.8. The second-order valence-electron chi connectivity index (χ2n) is 3.54. The summed E-state index contributed by atoms with van der Waals surface area (Å²) in [6, 6.07) is 1.48. The smallest absolute Gasteiger partial charge is 0.252 e. The minimum atomic E-state index is -0.114. The third-order valence-electron chi connectivity index (χ3n) is 2.51. The molecule has 0 unspecified atom stereocenters. The van der Waals surface area contributed by atoms with Gasteiger partial charge in [-0.3, -0.25) is 4.79 Å². The van der Waals surface area contributed by atoms with Crippen molar-refractivity contribution >= 4 is 17.6 Å². The summed E-state index contributed by atoms with van der Waals surface area (Å²) in [6.45, 7) is 0.893. The molecule has 14 heavy (non-hydrogen) atoms. The first-order valence-electron chi connectivity index (χ1n) is 4.58. The van der Waals surface area contributed by atoms with E-state index in [1.54, 1.807) is 0 Å². The summed E-state index contributed by atoms with van der Waals surface area (Å²) in [4.78, 5) is 17.5. The maximum Gasteiger partial charge on any atom is 0.252 e. The van der Waals surface area contributed by atoms with E-state index in [2.05, 4.69) is 21.5 Å². The number of nitrogens with zero attached hydrogens (tertiary/aromatic N) is 1. The van der Waals surface area contributed by atoms with Crippen molar-refractivity contribution in [2.75, 3.05) is 18.1 Å². The molecule has 4 nitrogen and oxygen atoms in total. The van der Waals surface area contributed by atoms with Gasteiger partial charge in [-0.05, 0) is 19.1 Å². The molecule has 0 radical (unpaired) electrons. The number of aromatic nitrogens is 2. The Kier molecular flexibility index (Phi) is 2.50. The Morgan fingerprint density at radius 2 is 2.50 bits per heavy atom. The predicted molar refractivity (Wildman–Crippen MR) is 58.8 cm³/mol. The number of thioether (sulfide) groups is 1. The average molecular weight is 211 g/mol. The van der Waals surface area contributed by atoms with E-state index in [9.17, 15) is 4.79 Å². The van der Waals surface area contributed by atoms with Crippen LogP contribution in [-0.4, -0.2) is 27.5 Å². The van der Waals surface area contributed by atoms with Gasteiger partial charge in [-0.1, -0.05) is 0 Å². The standard InChI is InChI=1S/C9H13N3OS/c1-14-9(2-3-9)5-10-7-4-8(13)12-6-11-7/h4,6H,2-3,5H2,1H3,(H2,10,11,12,13). The number of hydrogen-bond donors (Lipinski definition) is 2. The van der Waals surface area contributed by atoms with Crippen LogP contribution in [0.15, 0.2) is 17.2 Å². The molecule has 2 N–H and O–H groups in total. The highest BCUT2D eigenvalue weighted by Crippen LogP contribution is 2.46. The maximum atomic E-state index is 11.0. The fourth-order valence-electron chi connectivity index (χ4n) is 1.31. The molecule has 0 saturated heterocycles. The van der Waals surface area contributed by atoms with Gasteiger partial charge < -0.3 is 10.3 Å². The van der Waals surface area contributed by atoms with Gasteiger partial charge in [0.1, 0.15) is 5.82 Å². The molecule has 0 atom stereocenters. The average Bonchev–Trinajstić information content (AvgIpc) is 2.96. The molecule has 1 fully saturated rings. The highest BCUT2D eigenvalue weighted by Gasteiger charge is 2.41. The number of H-pyrrole nitrogens is 1. The monoisotopic (exact) mass is 211 g/mol. The molecular formula is C9H13N3OS. The van der Waals surface area contributed by atoms with Crippen molar-refractivity contribution in [3.8, 4) is 0 Å². The number of nitrogens with one attached hydrogen (secondary N) is 2. The molecule has 1 saturated carbocycles. The molecule has 0 bridgehead atoms. The third kappa shape index (κ3) is 2.09. The second-order valence-corrected chi connectivity index (χ2v) is 4.81. The first-order chi connectivity index (χ1) is 6.74. The zero-order valence-electron chi connectivity index (χ0n) is 8.04. The topological polar surface area (TPSA) is 57.8 Å². The summed E-state index contributed by atoms with van der Waals surface area (Å²) in [5.74, 6) is 0.661. The van der Waals surface area contributed by atoms with Gasteiger partial charge in [-0.2, -0.15) is 11.8 Å². The Hall–Kier alpha value is -0.970. The zero-order valence-corrected chi connectivity index (χ0v) is 8.86. The lowest BCUT2D eigenvalue weighted by Gasteiger charge is -2.12. The highest BCUT2D eigenvalue weighted by atomic mass is 32.2. The fourth-order valence-corrected chi connectivity index (χ4v) is 2.04. The SMILES string of the molecule is CSC1(CNc2cc(=O)[nH]cn2)CC1. The summed E-state index contributed by atoms with van der Waals surface area (Å²) in [7, 11) is 0. The molecule has 76 valence electrons. The van der Waals surface area contributed by atoms with Gasteiger partial charge in [0.15, 0.2) is 0 Å². The Labute approximate surface area is 86.5 Å². The Balaban J connectivity index is 1.95. The van der Waals surface area contributed by atoms with Gasteiger partial charge in [-0.25, -0.2) is 4.98 Å². The van der Waals surface area contributed by atoms with Crippen LogP contribution < -0.4 is 10.9 Å². The molecular weight excluding hydrogens is 198 g/mol. The fraction of sp³-hybridized carbons (Fsp3) is 0.556. The lowest BCUT2D eigenvalue weighted by molar-refractivity contribution is 0.935. The number of rotatable bonds is 4. The molecule has 1 heterocycles. The van der Waals surface area contributed by atoms with Crippen molar-refractivity contribution < 1.29 is 0 Å². The Bertz CT molecular complexity index is 372. The summed E-state index contributed by atoms with van der Waals surface area (Å²) < 4.78 is 0.393. The van der Waals surface area contributed by atoms with Crippen molar-refractivity contribution in [3.05, 3.63) is 22.7 Å². The van der Waals surface area contributed by atoms with E-state index in [-0.39, 0.29) is 5.56 Å². The van der Waals surface area contributed by atoms with Crippen molar-refractivity contribution in [2.45, 2.75) is 17.6 Å². The number of aromatic amines is 1. The van der Waals surface area contributed by atoms with Crippen LogP contribution in [0.1, 0.15) is 12.8 Å². The van der Waals surface area contributed by atoms with Crippen LogP contribution in [0.3, 0.4) is 0 Å². The van der Waals surface area contributed by atoms with Crippen LogP contribution >= 0.6 is 11.8 Å². The number of anilines is 1. The summed E-state index contributed by atoms with van der Waals surface area (Å²) in [6.07, 6.45) is 6.05.